The van der Waals surface area contributed by atoms with Crippen molar-refractivity contribution in [3.63, 3.8) is 0 Å². The smallest absolute Gasteiger partial charge is 0.195 e. The summed E-state index contributed by atoms with van der Waals surface area (Å²) in [6.07, 6.45) is -0.734. The zero-order chi connectivity index (χ0) is 14.9. The van der Waals surface area contributed by atoms with Crippen molar-refractivity contribution in [3.05, 3.63) is 34.9 Å². The van der Waals surface area contributed by atoms with Gasteiger partial charge in [-0.3, -0.25) is 9.69 Å². The van der Waals surface area contributed by atoms with Crippen LogP contribution in [0.5, 0.6) is 0 Å². The normalized spacial score (nSPS) is 20.4. The minimum Gasteiger partial charge on any atom is -0.367 e. The molecule has 110 valence electrons. The number of morpholine rings is 1. The van der Waals surface area contributed by atoms with Gasteiger partial charge in [-0.05, 0) is 32.4 Å². The fraction of sp³-hybridized carbons (Fsp3) is 0.533. The van der Waals surface area contributed by atoms with Gasteiger partial charge in [0.2, 0.25) is 0 Å². The summed E-state index contributed by atoms with van der Waals surface area (Å²) in [6.45, 7) is 7.09. The molecule has 1 aromatic rings. The Morgan fingerprint density at radius 2 is 2.05 bits per heavy atom. The number of hydrogen-bond acceptors (Lipinski definition) is 3. The van der Waals surface area contributed by atoms with Gasteiger partial charge in [0.15, 0.2) is 17.4 Å². The van der Waals surface area contributed by atoms with E-state index in [4.69, 9.17) is 4.74 Å². The third kappa shape index (κ3) is 2.88. The number of hydrogen-bond donors (Lipinski definition) is 0. The van der Waals surface area contributed by atoms with Crippen molar-refractivity contribution >= 4 is 5.78 Å². The maximum absolute atomic E-state index is 13.9. The maximum Gasteiger partial charge on any atom is 0.195 e. The molecule has 1 aromatic carbocycles. The number of ether oxygens (including phenoxy) is 1. The van der Waals surface area contributed by atoms with Gasteiger partial charge in [0, 0.05) is 19.1 Å². The van der Waals surface area contributed by atoms with E-state index in [0.717, 1.165) is 6.54 Å². The highest BCUT2D eigenvalue weighted by molar-refractivity contribution is 6.00. The average molecular weight is 283 g/mol. The van der Waals surface area contributed by atoms with Crippen LogP contribution in [0, 0.1) is 18.6 Å². The molecule has 1 aliphatic rings. The predicted octanol–water partition coefficient (Wildman–Crippen LogP) is 2.57. The topological polar surface area (TPSA) is 29.5 Å². The van der Waals surface area contributed by atoms with Crippen molar-refractivity contribution in [1.82, 2.24) is 4.90 Å². The lowest BCUT2D eigenvalue weighted by Gasteiger charge is -2.34. The number of aryl methyl sites for hydroxylation is 1. The first-order valence-electron chi connectivity index (χ1n) is 6.76. The standard InChI is InChI=1S/C15H19F2NO2/c1-9(2)18-6-7-20-12(8-18)15(19)11-5-4-10(3)13(16)14(11)17/h4-5,9,12H,6-8H2,1-3H3. The second-order valence-corrected chi connectivity index (χ2v) is 5.37. The third-order valence-electron chi connectivity index (χ3n) is 3.66. The van der Waals surface area contributed by atoms with Crippen LogP contribution in [-0.4, -0.2) is 42.5 Å². The average Bonchev–Trinajstić information content (AvgIpc) is 2.44. The van der Waals surface area contributed by atoms with E-state index in [9.17, 15) is 13.6 Å². The van der Waals surface area contributed by atoms with E-state index < -0.39 is 23.5 Å². The molecule has 1 saturated heterocycles. The molecule has 0 amide bonds. The zero-order valence-electron chi connectivity index (χ0n) is 12.0. The van der Waals surface area contributed by atoms with E-state index in [-0.39, 0.29) is 17.2 Å². The van der Waals surface area contributed by atoms with E-state index in [1.54, 1.807) is 0 Å². The predicted molar refractivity (Wildman–Crippen MR) is 71.9 cm³/mol. The molecule has 2 rings (SSSR count). The van der Waals surface area contributed by atoms with Crippen LogP contribution in [0.1, 0.15) is 29.8 Å². The molecule has 0 aromatic heterocycles. The fourth-order valence-electron chi connectivity index (χ4n) is 2.31. The van der Waals surface area contributed by atoms with Gasteiger partial charge in [-0.25, -0.2) is 8.78 Å². The van der Waals surface area contributed by atoms with Gasteiger partial charge < -0.3 is 4.74 Å². The van der Waals surface area contributed by atoms with E-state index >= 15 is 0 Å². The summed E-state index contributed by atoms with van der Waals surface area (Å²) in [5.41, 5.74) is -0.0453. The van der Waals surface area contributed by atoms with Gasteiger partial charge in [-0.2, -0.15) is 0 Å². The van der Waals surface area contributed by atoms with E-state index in [1.807, 2.05) is 13.8 Å². The minimum absolute atomic E-state index is 0.187. The van der Waals surface area contributed by atoms with Crippen LogP contribution < -0.4 is 0 Å². The first-order chi connectivity index (χ1) is 9.41. The Morgan fingerprint density at radius 3 is 2.70 bits per heavy atom. The molecule has 0 aliphatic carbocycles. The van der Waals surface area contributed by atoms with E-state index in [2.05, 4.69) is 4.90 Å². The largest absolute Gasteiger partial charge is 0.367 e. The number of carbonyl (C=O) groups is 1. The van der Waals surface area contributed by atoms with Gasteiger partial charge in [0.25, 0.3) is 0 Å². The van der Waals surface area contributed by atoms with Crippen LogP contribution >= 0.6 is 0 Å². The van der Waals surface area contributed by atoms with Crippen molar-refractivity contribution in [2.45, 2.75) is 32.9 Å². The first kappa shape index (κ1) is 15.1. The monoisotopic (exact) mass is 283 g/mol. The number of nitrogens with zero attached hydrogens (tertiary/aromatic N) is 1. The Kier molecular flexibility index (Phi) is 4.50. The maximum atomic E-state index is 13.9. The molecular formula is C15H19F2NO2. The molecule has 1 heterocycles. The van der Waals surface area contributed by atoms with Gasteiger partial charge in [0.05, 0.1) is 12.2 Å². The van der Waals surface area contributed by atoms with Crippen LogP contribution in [0.3, 0.4) is 0 Å². The summed E-state index contributed by atoms with van der Waals surface area (Å²) >= 11 is 0. The third-order valence-corrected chi connectivity index (χ3v) is 3.66. The number of rotatable bonds is 3. The van der Waals surface area contributed by atoms with Crippen LogP contribution in [-0.2, 0) is 4.74 Å². The number of benzene rings is 1. The second kappa shape index (κ2) is 5.97. The van der Waals surface area contributed by atoms with Crippen LogP contribution in [0.2, 0.25) is 0 Å². The molecule has 1 aliphatic heterocycles. The zero-order valence-corrected chi connectivity index (χ0v) is 12.0. The van der Waals surface area contributed by atoms with Gasteiger partial charge in [0.1, 0.15) is 6.10 Å². The molecule has 0 N–H and O–H groups in total. The van der Waals surface area contributed by atoms with Gasteiger partial charge >= 0.3 is 0 Å². The van der Waals surface area contributed by atoms with E-state index in [1.165, 1.54) is 19.1 Å². The summed E-state index contributed by atoms with van der Waals surface area (Å²) < 4.78 is 32.8. The van der Waals surface area contributed by atoms with Crippen molar-refractivity contribution in [1.29, 1.82) is 0 Å². The highest BCUT2D eigenvalue weighted by atomic mass is 19.2. The van der Waals surface area contributed by atoms with E-state index in [0.29, 0.717) is 13.2 Å². The number of Topliss-reactive ketones (excluding diaryl/α,β-unsaturated/α-hetero) is 1. The Bertz CT molecular complexity index is 517. The van der Waals surface area contributed by atoms with Crippen LogP contribution in [0.4, 0.5) is 8.78 Å². The molecular weight excluding hydrogens is 264 g/mol. The van der Waals surface area contributed by atoms with Crippen molar-refractivity contribution in [3.8, 4) is 0 Å². The van der Waals surface area contributed by atoms with Crippen molar-refractivity contribution in [2.24, 2.45) is 0 Å². The molecule has 1 atom stereocenters. The Labute approximate surface area is 117 Å². The molecule has 0 saturated carbocycles. The summed E-state index contributed by atoms with van der Waals surface area (Å²) in [5, 5.41) is 0. The SMILES string of the molecule is Cc1ccc(C(=O)C2CN(C(C)C)CCO2)c(F)c1F. The van der Waals surface area contributed by atoms with Gasteiger partial charge in [-0.1, -0.05) is 6.07 Å². The lowest BCUT2D eigenvalue weighted by Crippen LogP contribution is -2.48. The molecule has 0 bridgehead atoms. The second-order valence-electron chi connectivity index (χ2n) is 5.37. The summed E-state index contributed by atoms with van der Waals surface area (Å²) in [6, 6.07) is 3.02. The molecule has 5 heteroatoms. The Morgan fingerprint density at radius 1 is 1.35 bits per heavy atom. The Hall–Kier alpha value is -1.33. The van der Waals surface area contributed by atoms with Crippen molar-refractivity contribution < 1.29 is 18.3 Å². The molecule has 0 spiro atoms. The number of carbonyl (C=O) groups excluding carboxylic acids is 1. The Balaban J connectivity index is 2.21. The molecule has 20 heavy (non-hydrogen) atoms. The highest BCUT2D eigenvalue weighted by Crippen LogP contribution is 2.20. The lowest BCUT2D eigenvalue weighted by molar-refractivity contribution is -0.0258. The molecule has 3 nitrogen and oxygen atoms in total. The summed E-state index contributed by atoms with van der Waals surface area (Å²) in [5.74, 6) is -2.54. The first-order valence-corrected chi connectivity index (χ1v) is 6.76. The molecule has 0 radical (unpaired) electrons. The fourth-order valence-corrected chi connectivity index (χ4v) is 2.31. The highest BCUT2D eigenvalue weighted by Gasteiger charge is 2.30. The van der Waals surface area contributed by atoms with Gasteiger partial charge in [-0.15, -0.1) is 0 Å². The molecule has 1 fully saturated rings. The molecule has 1 unspecified atom stereocenters. The summed E-state index contributed by atoms with van der Waals surface area (Å²) in [4.78, 5) is 14.4. The number of ketones is 1. The summed E-state index contributed by atoms with van der Waals surface area (Å²) in [7, 11) is 0. The quantitative estimate of drug-likeness (QED) is 0.799. The van der Waals surface area contributed by atoms with Crippen LogP contribution in [0.15, 0.2) is 12.1 Å². The lowest BCUT2D eigenvalue weighted by atomic mass is 10.0. The van der Waals surface area contributed by atoms with Crippen LogP contribution in [0.25, 0.3) is 0 Å². The minimum atomic E-state index is -1.08. The van der Waals surface area contributed by atoms with Crippen molar-refractivity contribution in [2.75, 3.05) is 19.7 Å². The number of halogens is 2.